The summed E-state index contributed by atoms with van der Waals surface area (Å²) in [6.07, 6.45) is 4.26. The van der Waals surface area contributed by atoms with Crippen LogP contribution in [0.25, 0.3) is 5.57 Å². The standard InChI is InChI=1S/C9H10ClNS/c1-6-11-9(5-12-6)7-2-3-8(10)4-7/h4-5,8H,2-3H2,1H3. The van der Waals surface area contributed by atoms with E-state index in [0.29, 0.717) is 0 Å². The van der Waals surface area contributed by atoms with E-state index < -0.39 is 0 Å². The maximum atomic E-state index is 5.96. The largest absolute Gasteiger partial charge is 0.242 e. The van der Waals surface area contributed by atoms with E-state index in [1.807, 2.05) is 6.92 Å². The van der Waals surface area contributed by atoms with Crippen LogP contribution in [0.15, 0.2) is 11.5 Å². The lowest BCUT2D eigenvalue weighted by molar-refractivity contribution is 0.939. The number of aryl methyl sites for hydroxylation is 1. The summed E-state index contributed by atoms with van der Waals surface area (Å²) in [5.74, 6) is 0. The highest BCUT2D eigenvalue weighted by Crippen LogP contribution is 2.30. The van der Waals surface area contributed by atoms with Crippen LogP contribution in [-0.4, -0.2) is 10.4 Å². The number of allylic oxidation sites excluding steroid dienone is 2. The first-order valence-corrected chi connectivity index (χ1v) is 5.34. The zero-order chi connectivity index (χ0) is 8.55. The van der Waals surface area contributed by atoms with E-state index in [2.05, 4.69) is 16.4 Å². The maximum absolute atomic E-state index is 5.96. The van der Waals surface area contributed by atoms with E-state index in [1.165, 1.54) is 5.57 Å². The smallest absolute Gasteiger partial charge is 0.0901 e. The Balaban J connectivity index is 2.26. The summed E-state index contributed by atoms with van der Waals surface area (Å²) < 4.78 is 0. The first-order valence-electron chi connectivity index (χ1n) is 4.03. The fraction of sp³-hybridized carbons (Fsp3) is 0.444. The third-order valence-corrected chi connectivity index (χ3v) is 3.14. The second-order valence-corrected chi connectivity index (χ2v) is 4.62. The molecule has 1 unspecified atom stereocenters. The van der Waals surface area contributed by atoms with Crippen molar-refractivity contribution in [1.82, 2.24) is 4.98 Å². The topological polar surface area (TPSA) is 12.9 Å². The molecule has 2 rings (SSSR count). The molecule has 1 nitrogen and oxygen atoms in total. The Labute approximate surface area is 81.1 Å². The van der Waals surface area contributed by atoms with E-state index in [4.69, 9.17) is 11.6 Å². The third kappa shape index (κ3) is 1.54. The van der Waals surface area contributed by atoms with E-state index >= 15 is 0 Å². The number of thiazole rings is 1. The monoisotopic (exact) mass is 199 g/mol. The molecule has 3 heteroatoms. The minimum Gasteiger partial charge on any atom is -0.242 e. The van der Waals surface area contributed by atoms with Gasteiger partial charge in [-0.3, -0.25) is 0 Å². The van der Waals surface area contributed by atoms with Crippen LogP contribution in [0.5, 0.6) is 0 Å². The summed E-state index contributed by atoms with van der Waals surface area (Å²) in [4.78, 5) is 4.42. The summed E-state index contributed by atoms with van der Waals surface area (Å²) >= 11 is 7.66. The molecule has 12 heavy (non-hydrogen) atoms. The normalized spacial score (nSPS) is 22.8. The quantitative estimate of drug-likeness (QED) is 0.633. The second-order valence-electron chi connectivity index (χ2n) is 3.00. The van der Waals surface area contributed by atoms with Gasteiger partial charge in [-0.25, -0.2) is 4.98 Å². The lowest BCUT2D eigenvalue weighted by atomic mass is 10.2. The fourth-order valence-corrected chi connectivity index (χ4v) is 2.30. The lowest BCUT2D eigenvalue weighted by Gasteiger charge is -1.92. The molecule has 0 amide bonds. The van der Waals surface area contributed by atoms with Gasteiger partial charge in [-0.1, -0.05) is 6.08 Å². The highest BCUT2D eigenvalue weighted by molar-refractivity contribution is 7.09. The second kappa shape index (κ2) is 3.19. The molecule has 0 radical (unpaired) electrons. The number of nitrogens with zero attached hydrogens (tertiary/aromatic N) is 1. The number of hydrogen-bond acceptors (Lipinski definition) is 2. The van der Waals surface area contributed by atoms with Crippen molar-refractivity contribution in [3.05, 3.63) is 22.2 Å². The van der Waals surface area contributed by atoms with Crippen molar-refractivity contribution in [3.63, 3.8) is 0 Å². The van der Waals surface area contributed by atoms with E-state index in [0.717, 1.165) is 23.5 Å². The first kappa shape index (κ1) is 8.27. The number of alkyl halides is 1. The van der Waals surface area contributed by atoms with Crippen LogP contribution in [0.4, 0.5) is 0 Å². The zero-order valence-electron chi connectivity index (χ0n) is 6.88. The van der Waals surface area contributed by atoms with Gasteiger partial charge < -0.3 is 0 Å². The van der Waals surface area contributed by atoms with Crippen molar-refractivity contribution in [2.75, 3.05) is 0 Å². The summed E-state index contributed by atoms with van der Waals surface area (Å²) in [6, 6.07) is 0. The zero-order valence-corrected chi connectivity index (χ0v) is 8.45. The SMILES string of the molecule is Cc1nc(C2=CC(Cl)CC2)cs1. The summed E-state index contributed by atoms with van der Waals surface area (Å²) in [7, 11) is 0. The Morgan fingerprint density at radius 1 is 1.67 bits per heavy atom. The van der Waals surface area contributed by atoms with Gasteiger partial charge in [0.2, 0.25) is 0 Å². The lowest BCUT2D eigenvalue weighted by Crippen LogP contribution is -1.81. The average Bonchev–Trinajstić information content (AvgIpc) is 2.58. The molecule has 0 fully saturated rings. The van der Waals surface area contributed by atoms with Gasteiger partial charge in [-0.15, -0.1) is 22.9 Å². The van der Waals surface area contributed by atoms with Gasteiger partial charge in [0.15, 0.2) is 0 Å². The Morgan fingerprint density at radius 3 is 3.00 bits per heavy atom. The van der Waals surface area contributed by atoms with Gasteiger partial charge in [-0.05, 0) is 25.3 Å². The van der Waals surface area contributed by atoms with Gasteiger partial charge >= 0.3 is 0 Å². The van der Waals surface area contributed by atoms with Crippen LogP contribution < -0.4 is 0 Å². The molecule has 0 saturated heterocycles. The molecular formula is C9H10ClNS. The van der Waals surface area contributed by atoms with Crippen LogP contribution in [0, 0.1) is 6.92 Å². The Hall–Kier alpha value is -0.340. The first-order chi connectivity index (χ1) is 5.75. The molecule has 1 heterocycles. The molecule has 1 aromatic rings. The highest BCUT2D eigenvalue weighted by atomic mass is 35.5. The van der Waals surface area contributed by atoms with Gasteiger partial charge in [0.25, 0.3) is 0 Å². The maximum Gasteiger partial charge on any atom is 0.0901 e. The van der Waals surface area contributed by atoms with Gasteiger partial charge in [0, 0.05) is 5.38 Å². The molecule has 64 valence electrons. The predicted octanol–water partition coefficient (Wildman–Crippen LogP) is 3.24. The van der Waals surface area contributed by atoms with Crippen LogP contribution in [0.3, 0.4) is 0 Å². The molecule has 0 spiro atoms. The molecule has 0 saturated carbocycles. The number of hydrogen-bond donors (Lipinski definition) is 0. The summed E-state index contributed by atoms with van der Waals surface area (Å²) in [5.41, 5.74) is 2.44. The van der Waals surface area contributed by atoms with Crippen LogP contribution in [-0.2, 0) is 0 Å². The minimum atomic E-state index is 0.224. The molecule has 1 aliphatic carbocycles. The average molecular weight is 200 g/mol. The van der Waals surface area contributed by atoms with Crippen molar-refractivity contribution < 1.29 is 0 Å². The fourth-order valence-electron chi connectivity index (χ4n) is 1.40. The summed E-state index contributed by atoms with van der Waals surface area (Å²) in [5, 5.41) is 3.46. The molecular weight excluding hydrogens is 190 g/mol. The van der Waals surface area contributed by atoms with Crippen molar-refractivity contribution in [3.8, 4) is 0 Å². The highest BCUT2D eigenvalue weighted by Gasteiger charge is 2.15. The molecule has 0 N–H and O–H groups in total. The van der Waals surface area contributed by atoms with Crippen LogP contribution in [0.1, 0.15) is 23.5 Å². The Kier molecular flexibility index (Phi) is 2.20. The van der Waals surface area contributed by atoms with Crippen molar-refractivity contribution in [2.24, 2.45) is 0 Å². The number of aromatic nitrogens is 1. The predicted molar refractivity (Wildman–Crippen MR) is 53.7 cm³/mol. The molecule has 1 aliphatic rings. The number of halogens is 1. The van der Waals surface area contributed by atoms with E-state index in [-0.39, 0.29) is 5.38 Å². The van der Waals surface area contributed by atoms with Gasteiger partial charge in [0.05, 0.1) is 16.1 Å². The Bertz CT molecular complexity index is 316. The minimum absolute atomic E-state index is 0.224. The Morgan fingerprint density at radius 2 is 2.50 bits per heavy atom. The van der Waals surface area contributed by atoms with Crippen molar-refractivity contribution in [1.29, 1.82) is 0 Å². The summed E-state index contributed by atoms with van der Waals surface area (Å²) in [6.45, 7) is 2.03. The van der Waals surface area contributed by atoms with E-state index in [1.54, 1.807) is 11.3 Å². The molecule has 0 aromatic carbocycles. The van der Waals surface area contributed by atoms with Crippen molar-refractivity contribution >= 4 is 28.5 Å². The van der Waals surface area contributed by atoms with Crippen LogP contribution in [0.2, 0.25) is 0 Å². The molecule has 0 bridgehead atoms. The third-order valence-electron chi connectivity index (χ3n) is 2.02. The van der Waals surface area contributed by atoms with Gasteiger partial charge in [0.1, 0.15) is 0 Å². The van der Waals surface area contributed by atoms with Crippen molar-refractivity contribution in [2.45, 2.75) is 25.1 Å². The molecule has 1 atom stereocenters. The van der Waals surface area contributed by atoms with Gasteiger partial charge in [-0.2, -0.15) is 0 Å². The van der Waals surface area contributed by atoms with Crippen LogP contribution >= 0.6 is 22.9 Å². The van der Waals surface area contributed by atoms with E-state index in [9.17, 15) is 0 Å². The molecule has 0 aliphatic heterocycles. The molecule has 1 aromatic heterocycles. The number of rotatable bonds is 1.